The van der Waals surface area contributed by atoms with Crippen LogP contribution >= 0.6 is 0 Å². The van der Waals surface area contributed by atoms with Crippen LogP contribution < -0.4 is 0 Å². The molecule has 0 amide bonds. The number of halogens is 2. The second-order valence-electron chi connectivity index (χ2n) is 3.55. The van der Waals surface area contributed by atoms with Gasteiger partial charge in [0.05, 0.1) is 0 Å². The third kappa shape index (κ3) is 3.44. The Morgan fingerprint density at radius 2 is 1.86 bits per heavy atom. The van der Waals surface area contributed by atoms with Crippen molar-refractivity contribution in [2.45, 2.75) is 39.0 Å². The minimum absolute atomic E-state index is 0.415. The van der Waals surface area contributed by atoms with Gasteiger partial charge in [-0.3, -0.25) is 0 Å². The molecule has 0 aromatic heterocycles. The van der Waals surface area contributed by atoms with Crippen molar-refractivity contribution in [3.05, 3.63) is 35.4 Å². The highest BCUT2D eigenvalue weighted by molar-refractivity contribution is 5.18. The van der Waals surface area contributed by atoms with Gasteiger partial charge >= 0.3 is 0 Å². The molecular weight excluding hydrogens is 182 g/mol. The summed E-state index contributed by atoms with van der Waals surface area (Å²) in [5.74, 6) is -0.915. The fourth-order valence-corrected chi connectivity index (χ4v) is 1.47. The summed E-state index contributed by atoms with van der Waals surface area (Å²) in [6.07, 6.45) is 5.17. The van der Waals surface area contributed by atoms with Gasteiger partial charge < -0.3 is 0 Å². The van der Waals surface area contributed by atoms with Crippen molar-refractivity contribution in [1.82, 2.24) is 0 Å². The first-order chi connectivity index (χ1) is 6.74. The maximum absolute atomic E-state index is 13.1. The topological polar surface area (TPSA) is 0 Å². The average molecular weight is 198 g/mol. The summed E-state index contributed by atoms with van der Waals surface area (Å²) in [4.78, 5) is 0. The zero-order valence-electron chi connectivity index (χ0n) is 8.52. The van der Waals surface area contributed by atoms with E-state index in [1.54, 1.807) is 0 Å². The molecule has 0 fully saturated rings. The Morgan fingerprint density at radius 3 is 2.50 bits per heavy atom. The minimum Gasteiger partial charge on any atom is -0.207 e. The van der Waals surface area contributed by atoms with E-state index in [9.17, 15) is 8.78 Å². The number of hydrogen-bond acceptors (Lipinski definition) is 0. The van der Waals surface area contributed by atoms with Crippen molar-refractivity contribution in [3.8, 4) is 0 Å². The smallest absolute Gasteiger partial charge is 0.129 e. The Hall–Kier alpha value is -0.920. The first-order valence-electron chi connectivity index (χ1n) is 5.18. The van der Waals surface area contributed by atoms with Gasteiger partial charge in [0.25, 0.3) is 0 Å². The van der Waals surface area contributed by atoms with Crippen molar-refractivity contribution in [3.63, 3.8) is 0 Å². The summed E-state index contributed by atoms with van der Waals surface area (Å²) in [6, 6.07) is 3.81. The summed E-state index contributed by atoms with van der Waals surface area (Å²) in [7, 11) is 0. The van der Waals surface area contributed by atoms with E-state index in [1.165, 1.54) is 25.0 Å². The summed E-state index contributed by atoms with van der Waals surface area (Å²) < 4.78 is 25.7. The van der Waals surface area contributed by atoms with E-state index in [4.69, 9.17) is 0 Å². The van der Waals surface area contributed by atoms with Gasteiger partial charge in [-0.15, -0.1) is 0 Å². The van der Waals surface area contributed by atoms with Crippen LogP contribution in [0.25, 0.3) is 0 Å². The van der Waals surface area contributed by atoms with Crippen LogP contribution in [0.2, 0.25) is 0 Å². The molecule has 0 aliphatic heterocycles. The molecule has 0 radical (unpaired) electrons. The first kappa shape index (κ1) is 11.2. The molecule has 14 heavy (non-hydrogen) atoms. The molecule has 0 saturated carbocycles. The summed E-state index contributed by atoms with van der Waals surface area (Å²) >= 11 is 0. The molecule has 0 aliphatic rings. The van der Waals surface area contributed by atoms with Crippen LogP contribution in [0.15, 0.2) is 18.2 Å². The predicted molar refractivity (Wildman–Crippen MR) is 54.2 cm³/mol. The van der Waals surface area contributed by atoms with Crippen LogP contribution in [0, 0.1) is 11.6 Å². The Labute approximate surface area is 84.0 Å². The van der Waals surface area contributed by atoms with Gasteiger partial charge in [-0.25, -0.2) is 8.78 Å². The number of rotatable bonds is 5. The predicted octanol–water partition coefficient (Wildman–Crippen LogP) is 4.09. The molecule has 0 N–H and O–H groups in total. The zero-order valence-corrected chi connectivity index (χ0v) is 8.52. The second kappa shape index (κ2) is 5.74. The van der Waals surface area contributed by atoms with Crippen molar-refractivity contribution in [2.24, 2.45) is 0 Å². The van der Waals surface area contributed by atoms with Gasteiger partial charge in [0, 0.05) is 6.07 Å². The van der Waals surface area contributed by atoms with Crippen LogP contribution in [0.4, 0.5) is 8.78 Å². The van der Waals surface area contributed by atoms with Crippen molar-refractivity contribution in [1.29, 1.82) is 0 Å². The van der Waals surface area contributed by atoms with E-state index in [-0.39, 0.29) is 0 Å². The molecule has 0 nitrogen and oxygen atoms in total. The highest BCUT2D eigenvalue weighted by Gasteiger charge is 2.02. The van der Waals surface area contributed by atoms with E-state index in [0.717, 1.165) is 18.9 Å². The van der Waals surface area contributed by atoms with E-state index in [1.807, 2.05) is 0 Å². The fraction of sp³-hybridized carbons (Fsp3) is 0.500. The zero-order chi connectivity index (χ0) is 10.4. The molecule has 0 unspecified atom stereocenters. The second-order valence-corrected chi connectivity index (χ2v) is 3.55. The summed E-state index contributed by atoms with van der Waals surface area (Å²) in [5, 5.41) is 0. The maximum atomic E-state index is 13.1. The molecule has 1 aromatic carbocycles. The normalized spacial score (nSPS) is 10.5. The quantitative estimate of drug-likeness (QED) is 0.625. The van der Waals surface area contributed by atoms with Crippen LogP contribution in [0.3, 0.4) is 0 Å². The van der Waals surface area contributed by atoms with Crippen LogP contribution in [-0.2, 0) is 6.42 Å². The minimum atomic E-state index is -0.500. The van der Waals surface area contributed by atoms with E-state index >= 15 is 0 Å². The van der Waals surface area contributed by atoms with Gasteiger partial charge in [-0.05, 0) is 24.5 Å². The van der Waals surface area contributed by atoms with Crippen LogP contribution in [-0.4, -0.2) is 0 Å². The molecule has 0 spiro atoms. The maximum Gasteiger partial charge on any atom is 0.129 e. The molecule has 2 heteroatoms. The Kier molecular flexibility index (Phi) is 4.57. The van der Waals surface area contributed by atoms with Gasteiger partial charge in [0.2, 0.25) is 0 Å². The molecule has 0 saturated heterocycles. The molecule has 1 aromatic rings. The fourth-order valence-electron chi connectivity index (χ4n) is 1.47. The van der Waals surface area contributed by atoms with Gasteiger partial charge in [-0.2, -0.15) is 0 Å². The molecule has 1 rings (SSSR count). The van der Waals surface area contributed by atoms with Gasteiger partial charge in [-0.1, -0.05) is 32.3 Å². The molecular formula is C12H16F2. The summed E-state index contributed by atoms with van der Waals surface area (Å²) in [6.45, 7) is 2.14. The van der Waals surface area contributed by atoms with Crippen molar-refractivity contribution >= 4 is 0 Å². The number of unbranched alkanes of at least 4 members (excludes halogenated alkanes) is 3. The van der Waals surface area contributed by atoms with E-state index in [2.05, 4.69) is 6.92 Å². The molecule has 78 valence electrons. The Morgan fingerprint density at radius 1 is 1.07 bits per heavy atom. The van der Waals surface area contributed by atoms with Gasteiger partial charge in [0.1, 0.15) is 11.6 Å². The van der Waals surface area contributed by atoms with E-state index in [0.29, 0.717) is 12.0 Å². The first-order valence-corrected chi connectivity index (χ1v) is 5.18. The van der Waals surface area contributed by atoms with Crippen molar-refractivity contribution in [2.75, 3.05) is 0 Å². The lowest BCUT2D eigenvalue weighted by molar-refractivity contribution is 0.564. The highest BCUT2D eigenvalue weighted by Crippen LogP contribution is 2.13. The SMILES string of the molecule is CCCCCCc1ccc(F)cc1F. The molecule has 0 bridgehead atoms. The molecule has 0 heterocycles. The standard InChI is InChI=1S/C12H16F2/c1-2-3-4-5-6-10-7-8-11(13)9-12(10)14/h7-9H,2-6H2,1H3. The number of benzene rings is 1. The largest absolute Gasteiger partial charge is 0.207 e. The molecule has 0 atom stereocenters. The lowest BCUT2D eigenvalue weighted by Crippen LogP contribution is -1.92. The van der Waals surface area contributed by atoms with Gasteiger partial charge in [0.15, 0.2) is 0 Å². The lowest BCUT2D eigenvalue weighted by atomic mass is 10.1. The summed E-state index contributed by atoms with van der Waals surface area (Å²) in [5.41, 5.74) is 0.627. The third-order valence-electron chi connectivity index (χ3n) is 2.31. The average Bonchev–Trinajstić information content (AvgIpc) is 2.15. The van der Waals surface area contributed by atoms with E-state index < -0.39 is 11.6 Å². The highest BCUT2D eigenvalue weighted by atomic mass is 19.1. The van der Waals surface area contributed by atoms with Crippen LogP contribution in [0.5, 0.6) is 0 Å². The monoisotopic (exact) mass is 198 g/mol. The third-order valence-corrected chi connectivity index (χ3v) is 2.31. The number of hydrogen-bond donors (Lipinski definition) is 0. The molecule has 0 aliphatic carbocycles. The Bertz CT molecular complexity index is 282. The van der Waals surface area contributed by atoms with Crippen LogP contribution in [0.1, 0.15) is 38.2 Å². The Balaban J connectivity index is 2.42. The van der Waals surface area contributed by atoms with Crippen molar-refractivity contribution < 1.29 is 8.78 Å². The number of aryl methyl sites for hydroxylation is 1. The lowest BCUT2D eigenvalue weighted by Gasteiger charge is -2.02.